The Morgan fingerprint density at radius 3 is 2.17 bits per heavy atom. The number of hydrogen-bond acceptors (Lipinski definition) is 7. The molecule has 0 radical (unpaired) electrons. The summed E-state index contributed by atoms with van der Waals surface area (Å²) in [5.74, 6) is 0.176. The fraction of sp³-hybridized carbons (Fsp3) is 0.226. The van der Waals surface area contributed by atoms with Crippen LogP contribution in [0.5, 0.6) is 5.75 Å². The molecule has 2 N–H and O–H groups in total. The summed E-state index contributed by atoms with van der Waals surface area (Å²) < 4.78 is 27.7. The first-order valence-electron chi connectivity index (χ1n) is 13.2. The number of hydrogen-bond donors (Lipinski definition) is 2. The lowest BCUT2D eigenvalue weighted by molar-refractivity contribution is -0.120. The van der Waals surface area contributed by atoms with Crippen LogP contribution in [-0.4, -0.2) is 45.2 Å². The number of nitrogens with zero attached hydrogens (tertiary/aromatic N) is 3. The Balaban J connectivity index is 1.54. The maximum Gasteiger partial charge on any atom is 0.280 e. The molecular formula is C31H28FN5O4. The maximum absolute atomic E-state index is 15.2. The van der Waals surface area contributed by atoms with Gasteiger partial charge in [-0.15, -0.1) is 0 Å². The molecule has 0 amide bonds. The lowest BCUT2D eigenvalue weighted by Crippen LogP contribution is -2.39. The highest BCUT2D eigenvalue weighted by Gasteiger charge is 2.44. The van der Waals surface area contributed by atoms with Crippen molar-refractivity contribution in [1.82, 2.24) is 19.5 Å². The Labute approximate surface area is 235 Å². The van der Waals surface area contributed by atoms with E-state index in [1.54, 1.807) is 14.0 Å². The fourth-order valence-electron chi connectivity index (χ4n) is 5.46. The zero-order valence-corrected chi connectivity index (χ0v) is 22.4. The molecule has 1 fully saturated rings. The fourth-order valence-corrected chi connectivity index (χ4v) is 5.46. The molecule has 10 heteroatoms. The highest BCUT2D eigenvalue weighted by molar-refractivity contribution is 5.72. The van der Waals surface area contributed by atoms with Crippen LogP contribution in [0, 0.1) is 5.92 Å². The van der Waals surface area contributed by atoms with Gasteiger partial charge in [-0.05, 0) is 28.8 Å². The average Bonchev–Trinajstić information content (AvgIpc) is 3.57. The molecule has 0 bridgehead atoms. The Kier molecular flexibility index (Phi) is 6.84. The number of halogens is 1. The monoisotopic (exact) mass is 553 g/mol. The van der Waals surface area contributed by atoms with Crippen molar-refractivity contribution >= 4 is 23.4 Å². The van der Waals surface area contributed by atoms with Crippen LogP contribution in [-0.2, 0) is 15.1 Å². The molecule has 0 saturated carbocycles. The number of nitrogens with one attached hydrogen (secondary N) is 2. The number of carbonyl (C=O) groups excluding carboxylic acids is 1. The molecule has 3 aromatic carbocycles. The van der Waals surface area contributed by atoms with Crippen molar-refractivity contribution < 1.29 is 18.7 Å². The van der Waals surface area contributed by atoms with Gasteiger partial charge in [-0.25, -0.2) is 9.37 Å². The normalized spacial score (nSPS) is 20.7. The molecule has 1 aliphatic heterocycles. The summed E-state index contributed by atoms with van der Waals surface area (Å²) in [5.41, 5.74) is 1.28. The number of rotatable bonds is 8. The van der Waals surface area contributed by atoms with Crippen LogP contribution in [0.4, 0.5) is 10.3 Å². The number of anilines is 1. The number of fused-ring (bicyclic) bond motifs is 1. The summed E-state index contributed by atoms with van der Waals surface area (Å²) in [6.07, 6.45) is -1.65. The van der Waals surface area contributed by atoms with E-state index in [1.807, 2.05) is 84.9 Å². The van der Waals surface area contributed by atoms with Crippen LogP contribution >= 0.6 is 0 Å². The summed E-state index contributed by atoms with van der Waals surface area (Å²) in [5, 5.41) is 3.52. The van der Waals surface area contributed by atoms with E-state index in [2.05, 4.69) is 15.3 Å². The zero-order valence-electron chi connectivity index (χ0n) is 22.4. The van der Waals surface area contributed by atoms with Gasteiger partial charge in [-0.2, -0.15) is 4.98 Å². The summed E-state index contributed by atoms with van der Waals surface area (Å²) in [6.45, 7) is 1.61. The summed E-state index contributed by atoms with van der Waals surface area (Å²) in [7, 11) is 1.61. The van der Waals surface area contributed by atoms with E-state index in [9.17, 15) is 9.59 Å². The Morgan fingerprint density at radius 1 is 1.00 bits per heavy atom. The van der Waals surface area contributed by atoms with Crippen LogP contribution in [0.3, 0.4) is 0 Å². The molecule has 3 heterocycles. The van der Waals surface area contributed by atoms with Gasteiger partial charge in [0, 0.05) is 5.92 Å². The Hall–Kier alpha value is -4.83. The van der Waals surface area contributed by atoms with Crippen LogP contribution in [0.25, 0.3) is 11.2 Å². The van der Waals surface area contributed by atoms with E-state index in [4.69, 9.17) is 14.5 Å². The Morgan fingerprint density at radius 2 is 1.61 bits per heavy atom. The van der Waals surface area contributed by atoms with Gasteiger partial charge in [-0.1, -0.05) is 79.7 Å². The van der Waals surface area contributed by atoms with Gasteiger partial charge in [0.25, 0.3) is 5.56 Å². The Bertz CT molecular complexity index is 1680. The van der Waals surface area contributed by atoms with E-state index < -0.39 is 35.5 Å². The number of methoxy groups -OCH3 is 1. The average molecular weight is 554 g/mol. The van der Waals surface area contributed by atoms with Gasteiger partial charge in [0.15, 0.2) is 23.6 Å². The van der Waals surface area contributed by atoms with Crippen molar-refractivity contribution in [3.63, 3.8) is 0 Å². The van der Waals surface area contributed by atoms with Crippen molar-refractivity contribution in [2.75, 3.05) is 12.4 Å². The standard InChI is InChI=1S/C31H28FN5O4/c1-19-24(17-38)41-29(25(19)32)37-18-33-26-27(37)34-30(35-28(26)39)36-31(20-9-5-3-6-10-20,21-11-7-4-8-12-21)22-13-15-23(40-2)16-14-22/h3-19,24-25,29H,1-2H3,(H2,34,35,36,39)/t19-,24-,25-,29-/m1/s1. The third kappa shape index (κ3) is 4.46. The van der Waals surface area contributed by atoms with Gasteiger partial charge in [0.1, 0.15) is 23.7 Å². The third-order valence-electron chi connectivity index (χ3n) is 7.67. The molecule has 0 unspecified atom stereocenters. The minimum atomic E-state index is -1.49. The van der Waals surface area contributed by atoms with Crippen LogP contribution < -0.4 is 15.6 Å². The third-order valence-corrected chi connectivity index (χ3v) is 7.67. The van der Waals surface area contributed by atoms with Crippen molar-refractivity contribution in [2.24, 2.45) is 5.92 Å². The number of ether oxygens (including phenoxy) is 2. The van der Waals surface area contributed by atoms with Crippen molar-refractivity contribution in [2.45, 2.75) is 31.0 Å². The second-order valence-corrected chi connectivity index (χ2v) is 10.0. The molecule has 1 saturated heterocycles. The highest BCUT2D eigenvalue weighted by atomic mass is 19.1. The smallest absolute Gasteiger partial charge is 0.280 e. The minimum Gasteiger partial charge on any atom is -0.497 e. The number of carbonyl (C=O) groups is 1. The van der Waals surface area contributed by atoms with Gasteiger partial charge in [-0.3, -0.25) is 14.3 Å². The topological polar surface area (TPSA) is 111 Å². The molecule has 2 aromatic heterocycles. The molecular weight excluding hydrogens is 525 g/mol. The lowest BCUT2D eigenvalue weighted by Gasteiger charge is -2.37. The lowest BCUT2D eigenvalue weighted by atomic mass is 9.77. The second-order valence-electron chi connectivity index (χ2n) is 10.0. The number of aldehydes is 1. The van der Waals surface area contributed by atoms with E-state index in [0.717, 1.165) is 16.7 Å². The first-order chi connectivity index (χ1) is 20.0. The van der Waals surface area contributed by atoms with Gasteiger partial charge < -0.3 is 19.6 Å². The number of benzene rings is 3. The van der Waals surface area contributed by atoms with Crippen molar-refractivity contribution in [3.8, 4) is 5.75 Å². The van der Waals surface area contributed by atoms with Crippen molar-refractivity contribution in [1.29, 1.82) is 0 Å². The number of imidazole rings is 1. The largest absolute Gasteiger partial charge is 0.497 e. The quantitative estimate of drug-likeness (QED) is 0.213. The van der Waals surface area contributed by atoms with Crippen molar-refractivity contribution in [3.05, 3.63) is 118 Å². The minimum absolute atomic E-state index is 0.0306. The van der Waals surface area contributed by atoms with E-state index in [0.29, 0.717) is 12.0 Å². The van der Waals surface area contributed by atoms with Gasteiger partial charge >= 0.3 is 0 Å². The SMILES string of the molecule is COc1ccc(C(Nc2nc3c(ncn3[C@@H]3O[C@H](C=O)[C@@H](C)[C@H]3F)c(=O)[nH]2)(c2ccccc2)c2ccccc2)cc1. The maximum atomic E-state index is 15.2. The van der Waals surface area contributed by atoms with Gasteiger partial charge in [0.2, 0.25) is 5.95 Å². The second kappa shape index (κ2) is 10.6. The predicted octanol–water partition coefficient (Wildman–Crippen LogP) is 4.60. The van der Waals surface area contributed by atoms with Crippen LogP contribution in [0.2, 0.25) is 0 Å². The van der Waals surface area contributed by atoms with E-state index in [1.165, 1.54) is 10.9 Å². The van der Waals surface area contributed by atoms with Crippen LogP contribution in [0.15, 0.2) is 96.1 Å². The van der Waals surface area contributed by atoms with Crippen LogP contribution in [0.1, 0.15) is 29.8 Å². The summed E-state index contributed by atoms with van der Waals surface area (Å²) in [4.78, 5) is 36.4. The number of alkyl halides is 1. The number of aromatic nitrogens is 4. The number of H-pyrrole nitrogens is 1. The first-order valence-corrected chi connectivity index (χ1v) is 13.2. The zero-order chi connectivity index (χ0) is 28.6. The molecule has 0 spiro atoms. The highest BCUT2D eigenvalue weighted by Crippen LogP contribution is 2.40. The molecule has 9 nitrogen and oxygen atoms in total. The van der Waals surface area contributed by atoms with Gasteiger partial charge in [0.05, 0.1) is 13.4 Å². The number of aromatic amines is 1. The molecule has 41 heavy (non-hydrogen) atoms. The molecule has 0 aliphatic carbocycles. The molecule has 208 valence electrons. The molecule has 1 aliphatic rings. The molecule has 4 atom stereocenters. The summed E-state index contributed by atoms with van der Waals surface area (Å²) in [6, 6.07) is 27.2. The van der Waals surface area contributed by atoms with E-state index in [-0.39, 0.29) is 17.1 Å². The molecule has 5 aromatic rings. The predicted molar refractivity (Wildman–Crippen MR) is 152 cm³/mol. The van der Waals surface area contributed by atoms with E-state index >= 15 is 4.39 Å². The summed E-state index contributed by atoms with van der Waals surface area (Å²) >= 11 is 0. The first kappa shape index (κ1) is 26.4. The molecule has 6 rings (SSSR count).